The first-order chi connectivity index (χ1) is 23.9. The van der Waals surface area contributed by atoms with Crippen LogP contribution in [0.4, 0.5) is 23.7 Å². The Morgan fingerprint density at radius 3 is 2.62 bits per heavy atom. The van der Waals surface area contributed by atoms with Gasteiger partial charge >= 0.3 is 12.2 Å². The largest absolute Gasteiger partial charge is 0.455 e. The highest BCUT2D eigenvalue weighted by Gasteiger charge is 2.35. The lowest BCUT2D eigenvalue weighted by molar-refractivity contribution is -0.138. The summed E-state index contributed by atoms with van der Waals surface area (Å²) in [6.07, 6.45) is -0.719. The third kappa shape index (κ3) is 7.69. The van der Waals surface area contributed by atoms with E-state index in [1.165, 1.54) is 17.0 Å². The molecule has 1 aromatic carbocycles. The standard InChI is InChI=1S/C35H41F3N8O4/c1-4-22-20-46(34(49)41-25-6-5-23(28(16-25)35(36,37)38)19-45-11-9-43(2)10-12-45)21-24-15-26(18-40-31(22)24)50-30-7-8-39-32-27(30)17-29(42-32)33(48)44(3)13-14-47/h5-8,15-18,22,47H,4,9-14,19-21H2,1-3H3,(H,39,42)(H,41,49)/t22-/m0/s1. The zero-order valence-electron chi connectivity index (χ0n) is 28.3. The molecule has 0 saturated carbocycles. The number of rotatable bonds is 9. The van der Waals surface area contributed by atoms with Gasteiger partial charge in [0.05, 0.1) is 29.4 Å². The summed E-state index contributed by atoms with van der Waals surface area (Å²) in [7, 11) is 3.58. The Kier molecular flexibility index (Phi) is 10.3. The quantitative estimate of drug-likeness (QED) is 0.220. The average Bonchev–Trinajstić information content (AvgIpc) is 3.54. The fourth-order valence-electron chi connectivity index (χ4n) is 6.45. The van der Waals surface area contributed by atoms with Crippen LogP contribution in [0.2, 0.25) is 0 Å². The van der Waals surface area contributed by atoms with Crippen LogP contribution in [-0.2, 0) is 19.3 Å². The smallest absolute Gasteiger partial charge is 0.416 e. The highest BCUT2D eigenvalue weighted by Crippen LogP contribution is 2.37. The molecule has 266 valence electrons. The van der Waals surface area contributed by atoms with E-state index < -0.39 is 17.8 Å². The number of fused-ring (bicyclic) bond motifs is 2. The number of H-pyrrole nitrogens is 1. The van der Waals surface area contributed by atoms with Gasteiger partial charge in [-0.3, -0.25) is 14.7 Å². The number of carbonyl (C=O) groups excluding carboxylic acids is 2. The summed E-state index contributed by atoms with van der Waals surface area (Å²) < 4.78 is 48.7. The molecule has 3 N–H and O–H groups in total. The Morgan fingerprint density at radius 2 is 1.90 bits per heavy atom. The van der Waals surface area contributed by atoms with Crippen molar-refractivity contribution in [2.75, 3.05) is 65.3 Å². The lowest BCUT2D eigenvalue weighted by Crippen LogP contribution is -2.44. The number of nitrogens with one attached hydrogen (secondary N) is 2. The summed E-state index contributed by atoms with van der Waals surface area (Å²) in [5.74, 6) is 0.451. The number of anilines is 1. The van der Waals surface area contributed by atoms with Crippen LogP contribution in [-0.4, -0.2) is 112 Å². The van der Waals surface area contributed by atoms with Gasteiger partial charge in [-0.25, -0.2) is 9.78 Å². The third-order valence-electron chi connectivity index (χ3n) is 9.33. The van der Waals surface area contributed by atoms with Crippen LogP contribution in [0.1, 0.15) is 52.1 Å². The monoisotopic (exact) mass is 694 g/mol. The second-order valence-electron chi connectivity index (χ2n) is 12.9. The Morgan fingerprint density at radius 1 is 1.12 bits per heavy atom. The number of piperazine rings is 1. The molecule has 1 fully saturated rings. The minimum atomic E-state index is -4.57. The molecule has 0 radical (unpaired) electrons. The highest BCUT2D eigenvalue weighted by atomic mass is 19.4. The van der Waals surface area contributed by atoms with Crippen molar-refractivity contribution in [3.8, 4) is 11.5 Å². The Hall–Kier alpha value is -4.73. The average molecular weight is 695 g/mol. The van der Waals surface area contributed by atoms with Gasteiger partial charge < -0.3 is 34.8 Å². The van der Waals surface area contributed by atoms with E-state index in [0.29, 0.717) is 54.3 Å². The van der Waals surface area contributed by atoms with Crippen LogP contribution >= 0.6 is 0 Å². The molecule has 0 spiro atoms. The normalized spacial score (nSPS) is 17.1. The van der Waals surface area contributed by atoms with Gasteiger partial charge in [0.2, 0.25) is 0 Å². The topological polar surface area (TPSA) is 130 Å². The zero-order chi connectivity index (χ0) is 35.6. The highest BCUT2D eigenvalue weighted by molar-refractivity contribution is 5.98. The molecule has 5 heterocycles. The maximum atomic E-state index is 14.2. The summed E-state index contributed by atoms with van der Waals surface area (Å²) in [4.78, 5) is 45.4. The van der Waals surface area contributed by atoms with E-state index in [2.05, 4.69) is 25.2 Å². The lowest BCUT2D eigenvalue weighted by Gasteiger charge is -2.34. The molecule has 3 amide bonds. The van der Waals surface area contributed by atoms with Crippen molar-refractivity contribution >= 4 is 28.7 Å². The number of urea groups is 1. The van der Waals surface area contributed by atoms with Crippen molar-refractivity contribution in [3.63, 3.8) is 0 Å². The summed E-state index contributed by atoms with van der Waals surface area (Å²) >= 11 is 0. The SMILES string of the molecule is CC[C@H]1CN(C(=O)Nc2ccc(CN3CCN(C)CC3)c(C(F)(F)F)c2)Cc2cc(Oc3ccnc4[nH]c(C(=O)N(C)CCO)cc34)cnc21. The number of aliphatic hydroxyl groups excluding tert-OH is 1. The molecule has 2 aliphatic heterocycles. The Labute approximate surface area is 287 Å². The molecule has 12 nitrogen and oxygen atoms in total. The van der Waals surface area contributed by atoms with Gasteiger partial charge in [-0.05, 0) is 54.9 Å². The summed E-state index contributed by atoms with van der Waals surface area (Å²) in [6.45, 7) is 5.70. The number of hydrogen-bond donors (Lipinski definition) is 3. The van der Waals surface area contributed by atoms with Gasteiger partial charge in [0.25, 0.3) is 5.91 Å². The predicted octanol–water partition coefficient (Wildman–Crippen LogP) is 5.12. The van der Waals surface area contributed by atoms with Crippen LogP contribution < -0.4 is 10.1 Å². The summed E-state index contributed by atoms with van der Waals surface area (Å²) in [6, 6.07) is 8.61. The van der Waals surface area contributed by atoms with Crippen LogP contribution in [0.25, 0.3) is 11.0 Å². The van der Waals surface area contributed by atoms with Crippen molar-refractivity contribution < 1.29 is 32.6 Å². The van der Waals surface area contributed by atoms with Crippen LogP contribution in [0.5, 0.6) is 11.5 Å². The molecule has 3 aromatic heterocycles. The van der Waals surface area contributed by atoms with E-state index in [1.54, 1.807) is 42.5 Å². The number of alkyl halides is 3. The summed E-state index contributed by atoms with van der Waals surface area (Å²) in [5.41, 5.74) is 1.84. The Bertz CT molecular complexity index is 1860. The first-order valence-electron chi connectivity index (χ1n) is 16.6. The number of pyridine rings is 2. The van der Waals surface area contributed by atoms with Gasteiger partial charge in [-0.15, -0.1) is 0 Å². The summed E-state index contributed by atoms with van der Waals surface area (Å²) in [5, 5.41) is 12.5. The van der Waals surface area contributed by atoms with E-state index in [-0.39, 0.29) is 49.3 Å². The second kappa shape index (κ2) is 14.6. The van der Waals surface area contributed by atoms with Crippen molar-refractivity contribution in [2.24, 2.45) is 0 Å². The Balaban J connectivity index is 1.18. The molecule has 4 aromatic rings. The van der Waals surface area contributed by atoms with Crippen LogP contribution in [0, 0.1) is 0 Å². The van der Waals surface area contributed by atoms with E-state index >= 15 is 0 Å². The van der Waals surface area contributed by atoms with Gasteiger partial charge in [-0.2, -0.15) is 13.2 Å². The first-order valence-corrected chi connectivity index (χ1v) is 16.6. The van der Waals surface area contributed by atoms with Crippen LogP contribution in [0.15, 0.2) is 48.8 Å². The lowest BCUT2D eigenvalue weighted by atomic mass is 9.92. The van der Waals surface area contributed by atoms with Gasteiger partial charge in [0.1, 0.15) is 22.8 Å². The van der Waals surface area contributed by atoms with Crippen molar-refractivity contribution in [1.82, 2.24) is 34.6 Å². The molecule has 50 heavy (non-hydrogen) atoms. The molecule has 15 heteroatoms. The molecule has 0 bridgehead atoms. The number of ether oxygens (including phenoxy) is 1. The number of hydrogen-bond acceptors (Lipinski definition) is 8. The number of nitrogens with zero attached hydrogens (tertiary/aromatic N) is 6. The fraction of sp³-hybridized carbons (Fsp3) is 0.429. The second-order valence-corrected chi connectivity index (χ2v) is 12.9. The molecule has 0 unspecified atom stereocenters. The molecule has 0 aliphatic carbocycles. The predicted molar refractivity (Wildman–Crippen MR) is 181 cm³/mol. The van der Waals surface area contributed by atoms with E-state index in [4.69, 9.17) is 4.74 Å². The number of halogens is 3. The fourth-order valence-corrected chi connectivity index (χ4v) is 6.45. The number of aliphatic hydroxyl groups is 1. The number of carbonyl (C=O) groups is 2. The molecule has 1 saturated heterocycles. The van der Waals surface area contributed by atoms with E-state index in [1.807, 2.05) is 18.9 Å². The first kappa shape index (κ1) is 35.1. The van der Waals surface area contributed by atoms with Gasteiger partial charge in [0.15, 0.2) is 0 Å². The number of benzene rings is 1. The van der Waals surface area contributed by atoms with Crippen LogP contribution in [0.3, 0.4) is 0 Å². The minimum absolute atomic E-state index is 0.0760. The third-order valence-corrected chi connectivity index (χ3v) is 9.33. The molecule has 2 aliphatic rings. The zero-order valence-corrected chi connectivity index (χ0v) is 28.3. The molecular weight excluding hydrogens is 653 g/mol. The molecule has 6 rings (SSSR count). The number of amides is 3. The number of aromatic amines is 1. The van der Waals surface area contributed by atoms with E-state index in [0.717, 1.165) is 30.4 Å². The van der Waals surface area contributed by atoms with Gasteiger partial charge in [0, 0.05) is 77.2 Å². The number of likely N-dealkylation sites (N-methyl/N-ethyl adjacent to an activating group) is 2. The van der Waals surface area contributed by atoms with Crippen molar-refractivity contribution in [2.45, 2.75) is 38.5 Å². The minimum Gasteiger partial charge on any atom is -0.455 e. The van der Waals surface area contributed by atoms with E-state index in [9.17, 15) is 27.9 Å². The maximum Gasteiger partial charge on any atom is 0.416 e. The maximum absolute atomic E-state index is 14.2. The molecule has 1 atom stereocenters. The van der Waals surface area contributed by atoms with Crippen molar-refractivity contribution in [1.29, 1.82) is 0 Å². The van der Waals surface area contributed by atoms with Gasteiger partial charge in [-0.1, -0.05) is 13.0 Å². The number of aromatic nitrogens is 3. The molecular formula is C35H41F3N8O4. The van der Waals surface area contributed by atoms with Crippen molar-refractivity contribution in [3.05, 3.63) is 76.9 Å².